The van der Waals surface area contributed by atoms with Crippen LogP contribution in [0, 0.1) is 12.8 Å². The Kier molecular flexibility index (Phi) is 2.91. The third-order valence-electron chi connectivity index (χ3n) is 1.75. The number of hydrogen-bond acceptors (Lipinski definition) is 3. The zero-order valence-corrected chi connectivity index (χ0v) is 7.90. The van der Waals surface area contributed by atoms with Gasteiger partial charge in [0.05, 0.1) is 0 Å². The Morgan fingerprint density at radius 2 is 2.14 bits per heavy atom. The third kappa shape index (κ3) is 2.35. The number of carbonyl (C=O) groups excluding carboxylic acids is 1. The zero-order chi connectivity index (χ0) is 10.7. The Balaban J connectivity index is 2.61. The molecule has 0 radical (unpaired) electrons. The molecule has 1 heterocycles. The number of carbonyl (C=O) groups is 2. The lowest BCUT2D eigenvalue weighted by atomic mass is 10.2. The fraction of sp³-hybridized carbons (Fsp3) is 0.333. The molecule has 0 fully saturated rings. The molecule has 1 aromatic heterocycles. The molecule has 0 aliphatic rings. The van der Waals surface area contributed by atoms with Gasteiger partial charge in [0.1, 0.15) is 11.7 Å². The van der Waals surface area contributed by atoms with Crippen molar-refractivity contribution in [2.24, 2.45) is 5.92 Å². The Hall–Kier alpha value is -1.78. The van der Waals surface area contributed by atoms with Crippen molar-refractivity contribution in [3.05, 3.63) is 17.9 Å². The summed E-state index contributed by atoms with van der Waals surface area (Å²) in [6, 6.07) is 3.25. The highest BCUT2D eigenvalue weighted by Crippen LogP contribution is 2.13. The molecule has 5 nitrogen and oxygen atoms in total. The van der Waals surface area contributed by atoms with Crippen molar-refractivity contribution in [3.8, 4) is 0 Å². The van der Waals surface area contributed by atoms with Crippen molar-refractivity contribution < 1.29 is 19.1 Å². The van der Waals surface area contributed by atoms with Crippen LogP contribution in [0.25, 0.3) is 0 Å². The summed E-state index contributed by atoms with van der Waals surface area (Å²) < 4.78 is 5.06. The number of hydrogen-bond donors (Lipinski definition) is 2. The molecule has 0 bridgehead atoms. The monoisotopic (exact) mass is 197 g/mol. The number of rotatable bonds is 3. The summed E-state index contributed by atoms with van der Waals surface area (Å²) in [4.78, 5) is 21.7. The van der Waals surface area contributed by atoms with Crippen LogP contribution in [-0.4, -0.2) is 17.0 Å². The lowest BCUT2D eigenvalue weighted by molar-refractivity contribution is -0.144. The van der Waals surface area contributed by atoms with Crippen LogP contribution in [0.5, 0.6) is 0 Å². The van der Waals surface area contributed by atoms with E-state index in [1.54, 1.807) is 19.1 Å². The second-order valence-corrected chi connectivity index (χ2v) is 2.96. The summed E-state index contributed by atoms with van der Waals surface area (Å²) in [6.07, 6.45) is 0. The summed E-state index contributed by atoms with van der Waals surface area (Å²) in [7, 11) is 0. The molecule has 1 amide bonds. The van der Waals surface area contributed by atoms with Crippen LogP contribution in [0.1, 0.15) is 12.7 Å². The molecule has 1 atom stereocenters. The minimum atomic E-state index is -1.16. The third-order valence-corrected chi connectivity index (χ3v) is 1.75. The number of carboxylic acid groups (broad SMARTS) is 1. The van der Waals surface area contributed by atoms with Crippen LogP contribution in [-0.2, 0) is 9.59 Å². The van der Waals surface area contributed by atoms with Gasteiger partial charge < -0.3 is 9.52 Å². The molecule has 0 saturated heterocycles. The molecule has 0 aliphatic heterocycles. The van der Waals surface area contributed by atoms with E-state index in [0.29, 0.717) is 5.76 Å². The number of nitrogens with one attached hydrogen (secondary N) is 1. The van der Waals surface area contributed by atoms with Gasteiger partial charge in [0, 0.05) is 6.07 Å². The fourth-order valence-corrected chi connectivity index (χ4v) is 0.844. The van der Waals surface area contributed by atoms with E-state index >= 15 is 0 Å². The number of carboxylic acids is 1. The first kappa shape index (κ1) is 10.3. The first-order valence-electron chi connectivity index (χ1n) is 4.11. The SMILES string of the molecule is Cc1ccc(NC(=O)C(C)C(=O)O)o1. The summed E-state index contributed by atoms with van der Waals surface area (Å²) in [5.74, 6) is -1.91. The normalized spacial score (nSPS) is 12.1. The van der Waals surface area contributed by atoms with Gasteiger partial charge in [-0.25, -0.2) is 0 Å². The molecule has 76 valence electrons. The smallest absolute Gasteiger partial charge is 0.315 e. The van der Waals surface area contributed by atoms with Crippen molar-refractivity contribution in [3.63, 3.8) is 0 Å². The summed E-state index contributed by atoms with van der Waals surface area (Å²) in [5, 5.41) is 10.9. The number of aryl methyl sites for hydroxylation is 1. The van der Waals surface area contributed by atoms with Gasteiger partial charge in [0.25, 0.3) is 0 Å². The highest BCUT2D eigenvalue weighted by molar-refractivity contribution is 6.03. The Bertz CT molecular complexity index is 355. The van der Waals surface area contributed by atoms with Crippen LogP contribution in [0.15, 0.2) is 16.5 Å². The van der Waals surface area contributed by atoms with Crippen molar-refractivity contribution in [1.82, 2.24) is 0 Å². The maximum Gasteiger partial charge on any atom is 0.315 e. The molecule has 14 heavy (non-hydrogen) atoms. The van der Waals surface area contributed by atoms with Gasteiger partial charge in [0.2, 0.25) is 5.91 Å². The minimum Gasteiger partial charge on any atom is -0.481 e. The van der Waals surface area contributed by atoms with E-state index in [1.165, 1.54) is 6.92 Å². The highest BCUT2D eigenvalue weighted by Gasteiger charge is 2.21. The maximum atomic E-state index is 11.2. The van der Waals surface area contributed by atoms with Gasteiger partial charge in [0.15, 0.2) is 5.88 Å². The molecule has 0 spiro atoms. The van der Waals surface area contributed by atoms with E-state index < -0.39 is 17.8 Å². The van der Waals surface area contributed by atoms with Crippen molar-refractivity contribution in [1.29, 1.82) is 0 Å². The lowest BCUT2D eigenvalue weighted by Crippen LogP contribution is -2.26. The molecule has 1 aromatic rings. The molecular formula is C9H11NO4. The van der Waals surface area contributed by atoms with Gasteiger partial charge in [-0.2, -0.15) is 0 Å². The summed E-state index contributed by atoms with van der Waals surface area (Å²) in [5.41, 5.74) is 0. The zero-order valence-electron chi connectivity index (χ0n) is 7.90. The van der Waals surface area contributed by atoms with E-state index in [2.05, 4.69) is 5.32 Å². The second kappa shape index (κ2) is 3.95. The number of furan rings is 1. The molecule has 1 rings (SSSR count). The largest absolute Gasteiger partial charge is 0.481 e. The van der Waals surface area contributed by atoms with Crippen molar-refractivity contribution in [2.45, 2.75) is 13.8 Å². The molecular weight excluding hydrogens is 186 g/mol. The maximum absolute atomic E-state index is 11.2. The predicted molar refractivity (Wildman–Crippen MR) is 48.9 cm³/mol. The first-order chi connectivity index (χ1) is 6.50. The number of anilines is 1. The minimum absolute atomic E-state index is 0.264. The summed E-state index contributed by atoms with van der Waals surface area (Å²) >= 11 is 0. The van der Waals surface area contributed by atoms with Gasteiger partial charge in [-0.15, -0.1) is 0 Å². The van der Waals surface area contributed by atoms with Crippen LogP contribution < -0.4 is 5.32 Å². The molecule has 0 saturated carbocycles. The van der Waals surface area contributed by atoms with Crippen LogP contribution >= 0.6 is 0 Å². The molecule has 1 unspecified atom stereocenters. The second-order valence-electron chi connectivity index (χ2n) is 2.96. The topological polar surface area (TPSA) is 79.5 Å². The molecule has 5 heteroatoms. The molecule has 0 aliphatic carbocycles. The standard InChI is InChI=1S/C9H11NO4/c1-5-3-4-7(14-5)10-8(11)6(2)9(12)13/h3-4,6H,1-2H3,(H,10,11)(H,12,13). The predicted octanol–water partition coefficient (Wildman–Crippen LogP) is 1.25. The average molecular weight is 197 g/mol. The lowest BCUT2D eigenvalue weighted by Gasteiger charge is -2.04. The average Bonchev–Trinajstić information content (AvgIpc) is 2.49. The van der Waals surface area contributed by atoms with Crippen molar-refractivity contribution >= 4 is 17.8 Å². The fourth-order valence-electron chi connectivity index (χ4n) is 0.844. The first-order valence-corrected chi connectivity index (χ1v) is 4.11. The van der Waals surface area contributed by atoms with Crippen LogP contribution in [0.4, 0.5) is 5.88 Å². The summed E-state index contributed by atoms with van der Waals surface area (Å²) in [6.45, 7) is 3.05. The van der Waals surface area contributed by atoms with E-state index in [1.807, 2.05) is 0 Å². The van der Waals surface area contributed by atoms with Gasteiger partial charge >= 0.3 is 5.97 Å². The van der Waals surface area contributed by atoms with E-state index in [4.69, 9.17) is 9.52 Å². The highest BCUT2D eigenvalue weighted by atomic mass is 16.4. The molecule has 0 aromatic carbocycles. The van der Waals surface area contributed by atoms with Gasteiger partial charge in [-0.3, -0.25) is 14.9 Å². The van der Waals surface area contributed by atoms with Gasteiger partial charge in [-0.1, -0.05) is 0 Å². The van der Waals surface area contributed by atoms with E-state index in [0.717, 1.165) is 0 Å². The van der Waals surface area contributed by atoms with Gasteiger partial charge in [-0.05, 0) is 19.9 Å². The van der Waals surface area contributed by atoms with E-state index in [-0.39, 0.29) is 5.88 Å². The van der Waals surface area contributed by atoms with Crippen LogP contribution in [0.3, 0.4) is 0 Å². The van der Waals surface area contributed by atoms with Crippen LogP contribution in [0.2, 0.25) is 0 Å². The quantitative estimate of drug-likeness (QED) is 0.714. The Labute approximate surface area is 80.7 Å². The molecule has 2 N–H and O–H groups in total. The number of aliphatic carboxylic acids is 1. The van der Waals surface area contributed by atoms with Crippen molar-refractivity contribution in [2.75, 3.05) is 5.32 Å². The Morgan fingerprint density at radius 1 is 1.50 bits per heavy atom. The number of amides is 1. The Morgan fingerprint density at radius 3 is 2.57 bits per heavy atom. The van der Waals surface area contributed by atoms with E-state index in [9.17, 15) is 9.59 Å².